The van der Waals surface area contributed by atoms with Gasteiger partial charge in [-0.1, -0.05) is 25.3 Å². The first-order valence-corrected chi connectivity index (χ1v) is 7.48. The van der Waals surface area contributed by atoms with Gasteiger partial charge in [0.05, 0.1) is 0 Å². The van der Waals surface area contributed by atoms with Crippen molar-refractivity contribution in [3.8, 4) is 0 Å². The van der Waals surface area contributed by atoms with Crippen LogP contribution in [0.4, 0.5) is 10.1 Å². The fraction of sp³-hybridized carbons (Fsp3) is 0.625. The van der Waals surface area contributed by atoms with E-state index in [4.69, 9.17) is 5.73 Å². The van der Waals surface area contributed by atoms with Gasteiger partial charge in [0.1, 0.15) is 5.82 Å². The standard InChI is InChI=1S/C16H25FN2/c1-2-19(15-10-6-9-14(17)11-15)16(12-18)13-7-4-3-5-8-13/h6,9-11,13,16H,2-5,7-8,12,18H2,1H3. The molecule has 0 radical (unpaired) electrons. The maximum absolute atomic E-state index is 13.4. The van der Waals surface area contributed by atoms with Gasteiger partial charge in [0, 0.05) is 24.8 Å². The van der Waals surface area contributed by atoms with Crippen LogP contribution in [0.25, 0.3) is 0 Å². The molecule has 1 aliphatic rings. The SMILES string of the molecule is CCN(c1cccc(F)c1)C(CN)C1CCCCC1. The van der Waals surface area contributed by atoms with Crippen LogP contribution in [0.15, 0.2) is 24.3 Å². The summed E-state index contributed by atoms with van der Waals surface area (Å²) in [5.74, 6) is 0.484. The number of benzene rings is 1. The van der Waals surface area contributed by atoms with E-state index in [-0.39, 0.29) is 5.82 Å². The van der Waals surface area contributed by atoms with Gasteiger partial charge in [-0.3, -0.25) is 0 Å². The van der Waals surface area contributed by atoms with Crippen molar-refractivity contribution < 1.29 is 4.39 Å². The third-order valence-corrected chi connectivity index (χ3v) is 4.32. The van der Waals surface area contributed by atoms with Crippen LogP contribution in [-0.4, -0.2) is 19.1 Å². The lowest BCUT2D eigenvalue weighted by molar-refractivity contribution is 0.297. The van der Waals surface area contributed by atoms with Crippen LogP contribution in [0.3, 0.4) is 0 Å². The van der Waals surface area contributed by atoms with E-state index >= 15 is 0 Å². The summed E-state index contributed by atoms with van der Waals surface area (Å²) in [4.78, 5) is 2.28. The molecule has 19 heavy (non-hydrogen) atoms. The first-order chi connectivity index (χ1) is 9.26. The molecule has 0 spiro atoms. The molecule has 0 aliphatic heterocycles. The Kier molecular flexibility index (Phi) is 5.20. The van der Waals surface area contributed by atoms with Crippen LogP contribution in [0, 0.1) is 11.7 Å². The van der Waals surface area contributed by atoms with E-state index in [1.165, 1.54) is 38.2 Å². The minimum absolute atomic E-state index is 0.171. The molecule has 2 N–H and O–H groups in total. The molecule has 0 amide bonds. The van der Waals surface area contributed by atoms with Crippen molar-refractivity contribution in [2.75, 3.05) is 18.0 Å². The van der Waals surface area contributed by atoms with E-state index in [1.54, 1.807) is 12.1 Å². The molecule has 0 saturated heterocycles. The van der Waals surface area contributed by atoms with Crippen molar-refractivity contribution in [2.24, 2.45) is 11.7 Å². The first-order valence-electron chi connectivity index (χ1n) is 7.48. The molecule has 0 bridgehead atoms. The molecule has 106 valence electrons. The van der Waals surface area contributed by atoms with Crippen molar-refractivity contribution in [2.45, 2.75) is 45.1 Å². The van der Waals surface area contributed by atoms with Gasteiger partial charge in [-0.05, 0) is 43.9 Å². The smallest absolute Gasteiger partial charge is 0.125 e. The predicted molar refractivity (Wildman–Crippen MR) is 78.8 cm³/mol. The van der Waals surface area contributed by atoms with Gasteiger partial charge >= 0.3 is 0 Å². The Balaban J connectivity index is 2.17. The monoisotopic (exact) mass is 264 g/mol. The fourth-order valence-electron chi connectivity index (χ4n) is 3.36. The molecule has 0 heterocycles. The Bertz CT molecular complexity index is 388. The van der Waals surface area contributed by atoms with Crippen LogP contribution < -0.4 is 10.6 Å². The second-order valence-corrected chi connectivity index (χ2v) is 5.47. The molecule has 1 aromatic rings. The molecule has 2 rings (SSSR count). The van der Waals surface area contributed by atoms with Crippen molar-refractivity contribution in [3.63, 3.8) is 0 Å². The minimum atomic E-state index is -0.171. The highest BCUT2D eigenvalue weighted by molar-refractivity contribution is 5.47. The Labute approximate surface area is 115 Å². The summed E-state index contributed by atoms with van der Waals surface area (Å²) in [6.45, 7) is 3.65. The van der Waals surface area contributed by atoms with Crippen LogP contribution >= 0.6 is 0 Å². The molecule has 1 saturated carbocycles. The Hall–Kier alpha value is -1.09. The summed E-state index contributed by atoms with van der Waals surface area (Å²) >= 11 is 0. The number of likely N-dealkylation sites (N-methyl/N-ethyl adjacent to an activating group) is 1. The lowest BCUT2D eigenvalue weighted by Crippen LogP contribution is -2.46. The molecule has 1 unspecified atom stereocenters. The Morgan fingerprint density at radius 2 is 2.05 bits per heavy atom. The molecular weight excluding hydrogens is 239 g/mol. The second-order valence-electron chi connectivity index (χ2n) is 5.47. The molecule has 1 aromatic carbocycles. The minimum Gasteiger partial charge on any atom is -0.367 e. The summed E-state index contributed by atoms with van der Waals surface area (Å²) in [5.41, 5.74) is 6.98. The maximum atomic E-state index is 13.4. The first kappa shape index (κ1) is 14.3. The Morgan fingerprint density at radius 1 is 1.32 bits per heavy atom. The lowest BCUT2D eigenvalue weighted by Gasteiger charge is -2.39. The largest absolute Gasteiger partial charge is 0.367 e. The third-order valence-electron chi connectivity index (χ3n) is 4.32. The topological polar surface area (TPSA) is 29.3 Å². The third kappa shape index (κ3) is 3.47. The van der Waals surface area contributed by atoms with E-state index in [9.17, 15) is 4.39 Å². The second kappa shape index (κ2) is 6.90. The number of hydrogen-bond donors (Lipinski definition) is 1. The van der Waals surface area contributed by atoms with Gasteiger partial charge in [0.15, 0.2) is 0 Å². The zero-order valence-electron chi connectivity index (χ0n) is 11.8. The van der Waals surface area contributed by atoms with Gasteiger partial charge in [0.2, 0.25) is 0 Å². The highest BCUT2D eigenvalue weighted by Crippen LogP contribution is 2.31. The van der Waals surface area contributed by atoms with Gasteiger partial charge in [-0.2, -0.15) is 0 Å². The zero-order chi connectivity index (χ0) is 13.7. The number of rotatable bonds is 5. The molecule has 1 aliphatic carbocycles. The van der Waals surface area contributed by atoms with Crippen molar-refractivity contribution in [1.29, 1.82) is 0 Å². The number of anilines is 1. The molecule has 0 aromatic heterocycles. The normalized spacial score (nSPS) is 18.3. The average Bonchev–Trinajstić information content (AvgIpc) is 2.45. The number of halogens is 1. The number of hydrogen-bond acceptors (Lipinski definition) is 2. The summed E-state index contributed by atoms with van der Waals surface area (Å²) in [5, 5.41) is 0. The van der Waals surface area contributed by atoms with Crippen molar-refractivity contribution in [3.05, 3.63) is 30.1 Å². The zero-order valence-corrected chi connectivity index (χ0v) is 11.8. The highest BCUT2D eigenvalue weighted by Gasteiger charge is 2.27. The lowest BCUT2D eigenvalue weighted by atomic mass is 9.83. The highest BCUT2D eigenvalue weighted by atomic mass is 19.1. The summed E-state index contributed by atoms with van der Waals surface area (Å²) in [6.07, 6.45) is 6.48. The van der Waals surface area contributed by atoms with Gasteiger partial charge in [0.25, 0.3) is 0 Å². The molecule has 3 heteroatoms. The summed E-state index contributed by atoms with van der Waals surface area (Å²) < 4.78 is 13.4. The van der Waals surface area contributed by atoms with Crippen LogP contribution in [0.2, 0.25) is 0 Å². The number of nitrogens with zero attached hydrogens (tertiary/aromatic N) is 1. The van der Waals surface area contributed by atoms with Crippen LogP contribution in [-0.2, 0) is 0 Å². The molecule has 2 nitrogen and oxygen atoms in total. The van der Waals surface area contributed by atoms with E-state index in [0.717, 1.165) is 12.2 Å². The van der Waals surface area contributed by atoms with E-state index in [0.29, 0.717) is 18.5 Å². The predicted octanol–water partition coefficient (Wildman–Crippen LogP) is 3.56. The summed E-state index contributed by atoms with van der Waals surface area (Å²) in [6, 6.07) is 7.22. The fourth-order valence-corrected chi connectivity index (χ4v) is 3.36. The van der Waals surface area contributed by atoms with E-state index < -0.39 is 0 Å². The average molecular weight is 264 g/mol. The Morgan fingerprint density at radius 3 is 2.63 bits per heavy atom. The van der Waals surface area contributed by atoms with Gasteiger partial charge < -0.3 is 10.6 Å². The molecular formula is C16H25FN2. The van der Waals surface area contributed by atoms with Gasteiger partial charge in [-0.25, -0.2) is 4.39 Å². The van der Waals surface area contributed by atoms with Crippen LogP contribution in [0.5, 0.6) is 0 Å². The summed E-state index contributed by atoms with van der Waals surface area (Å²) in [7, 11) is 0. The molecule has 1 atom stereocenters. The van der Waals surface area contributed by atoms with E-state index in [2.05, 4.69) is 11.8 Å². The van der Waals surface area contributed by atoms with Crippen LogP contribution in [0.1, 0.15) is 39.0 Å². The van der Waals surface area contributed by atoms with E-state index in [1.807, 2.05) is 6.07 Å². The van der Waals surface area contributed by atoms with Crippen molar-refractivity contribution in [1.82, 2.24) is 0 Å². The quantitative estimate of drug-likeness (QED) is 0.881. The van der Waals surface area contributed by atoms with Crippen molar-refractivity contribution >= 4 is 5.69 Å². The molecule has 1 fully saturated rings. The maximum Gasteiger partial charge on any atom is 0.125 e. The number of nitrogens with two attached hydrogens (primary N) is 1. The van der Waals surface area contributed by atoms with Gasteiger partial charge in [-0.15, -0.1) is 0 Å².